The normalized spacial score (nSPS) is 21.1. The molecule has 0 radical (unpaired) electrons. The lowest BCUT2D eigenvalue weighted by Crippen LogP contribution is -2.21. The van der Waals surface area contributed by atoms with Crippen molar-refractivity contribution >= 4 is 5.69 Å². The number of benzene rings is 1. The Labute approximate surface area is 84.1 Å². The molecule has 1 saturated heterocycles. The average molecular weight is 192 g/mol. The van der Waals surface area contributed by atoms with E-state index in [-0.39, 0.29) is 6.61 Å². The summed E-state index contributed by atoms with van der Waals surface area (Å²) in [5.74, 6) is 0. The van der Waals surface area contributed by atoms with Crippen LogP contribution in [0.15, 0.2) is 24.3 Å². The average Bonchev–Trinajstić information content (AvgIpc) is 2.72. The number of rotatable bonds is 3. The van der Waals surface area contributed by atoms with Crippen LogP contribution in [-0.2, 0) is 6.61 Å². The summed E-state index contributed by atoms with van der Waals surface area (Å²) in [7, 11) is 0. The van der Waals surface area contributed by atoms with E-state index >= 15 is 0 Å². The van der Waals surface area contributed by atoms with Crippen LogP contribution in [0, 0.1) is 0 Å². The van der Waals surface area contributed by atoms with E-state index in [0.717, 1.165) is 24.3 Å². The van der Waals surface area contributed by atoms with Gasteiger partial charge in [0.25, 0.3) is 0 Å². The van der Waals surface area contributed by atoms with Crippen LogP contribution < -0.4 is 10.6 Å². The summed E-state index contributed by atoms with van der Waals surface area (Å²) >= 11 is 0. The zero-order chi connectivity index (χ0) is 9.80. The first kappa shape index (κ1) is 9.49. The molecule has 1 atom stereocenters. The molecule has 0 spiro atoms. The molecule has 1 fully saturated rings. The fourth-order valence-corrected chi connectivity index (χ4v) is 1.72. The molecular formula is C11H16N2O. The zero-order valence-corrected chi connectivity index (χ0v) is 8.16. The summed E-state index contributed by atoms with van der Waals surface area (Å²) in [6.45, 7) is 2.26. The maximum atomic E-state index is 8.88. The Hall–Kier alpha value is -1.06. The van der Waals surface area contributed by atoms with Crippen LogP contribution in [0.4, 0.5) is 5.69 Å². The van der Waals surface area contributed by atoms with E-state index in [9.17, 15) is 0 Å². The monoisotopic (exact) mass is 192 g/mol. The molecule has 1 aromatic rings. The topological polar surface area (TPSA) is 44.3 Å². The van der Waals surface area contributed by atoms with Crippen molar-refractivity contribution in [3.63, 3.8) is 0 Å². The number of nitrogens with one attached hydrogen (secondary N) is 2. The van der Waals surface area contributed by atoms with E-state index in [1.807, 2.05) is 24.3 Å². The molecule has 1 unspecified atom stereocenters. The molecule has 1 aromatic carbocycles. The summed E-state index contributed by atoms with van der Waals surface area (Å²) in [5, 5.41) is 15.6. The highest BCUT2D eigenvalue weighted by Crippen LogP contribution is 2.12. The lowest BCUT2D eigenvalue weighted by atomic mass is 10.2. The molecule has 0 bridgehead atoms. The minimum absolute atomic E-state index is 0.116. The molecular weight excluding hydrogens is 176 g/mol. The van der Waals surface area contributed by atoms with Crippen molar-refractivity contribution in [1.82, 2.24) is 5.32 Å². The predicted octanol–water partition coefficient (Wildman–Crippen LogP) is 0.953. The second-order valence-electron chi connectivity index (χ2n) is 3.69. The van der Waals surface area contributed by atoms with Gasteiger partial charge >= 0.3 is 0 Å². The van der Waals surface area contributed by atoms with Crippen LogP contribution in [0.1, 0.15) is 12.0 Å². The maximum Gasteiger partial charge on any atom is 0.0681 e. The first-order valence-electron chi connectivity index (χ1n) is 5.05. The van der Waals surface area contributed by atoms with Crippen molar-refractivity contribution in [2.24, 2.45) is 0 Å². The highest BCUT2D eigenvalue weighted by atomic mass is 16.3. The molecule has 0 aromatic heterocycles. The first-order valence-corrected chi connectivity index (χ1v) is 5.05. The van der Waals surface area contributed by atoms with E-state index in [0.29, 0.717) is 6.04 Å². The smallest absolute Gasteiger partial charge is 0.0681 e. The summed E-state index contributed by atoms with van der Waals surface area (Å²) in [6, 6.07) is 8.48. The second-order valence-corrected chi connectivity index (χ2v) is 3.69. The number of hydrogen-bond donors (Lipinski definition) is 3. The van der Waals surface area contributed by atoms with Gasteiger partial charge in [0.1, 0.15) is 0 Å². The SMILES string of the molecule is OCc1ccc(NC2CCNC2)cc1. The summed E-state index contributed by atoms with van der Waals surface area (Å²) in [5.41, 5.74) is 2.09. The van der Waals surface area contributed by atoms with Gasteiger partial charge in [-0.3, -0.25) is 0 Å². The third kappa shape index (κ3) is 2.25. The molecule has 76 valence electrons. The van der Waals surface area contributed by atoms with Crippen LogP contribution in [0.2, 0.25) is 0 Å². The molecule has 3 nitrogen and oxygen atoms in total. The van der Waals surface area contributed by atoms with Crippen molar-refractivity contribution < 1.29 is 5.11 Å². The number of aliphatic hydroxyl groups excluding tert-OH is 1. The Bertz CT molecular complexity index is 278. The number of hydrogen-bond acceptors (Lipinski definition) is 3. The predicted molar refractivity (Wildman–Crippen MR) is 57.3 cm³/mol. The maximum absolute atomic E-state index is 8.88. The Balaban J connectivity index is 1.95. The van der Waals surface area contributed by atoms with Crippen LogP contribution in [-0.4, -0.2) is 24.2 Å². The third-order valence-electron chi connectivity index (χ3n) is 2.57. The molecule has 0 saturated carbocycles. The molecule has 14 heavy (non-hydrogen) atoms. The van der Waals surface area contributed by atoms with Gasteiger partial charge in [-0.25, -0.2) is 0 Å². The molecule has 1 aliphatic heterocycles. The van der Waals surface area contributed by atoms with Gasteiger partial charge in [0, 0.05) is 18.3 Å². The van der Waals surface area contributed by atoms with Crippen molar-refractivity contribution in [3.8, 4) is 0 Å². The van der Waals surface area contributed by atoms with Gasteiger partial charge in [-0.05, 0) is 30.7 Å². The molecule has 1 aliphatic rings. The van der Waals surface area contributed by atoms with Gasteiger partial charge in [-0.1, -0.05) is 12.1 Å². The Kier molecular flexibility index (Phi) is 3.01. The molecule has 2 rings (SSSR count). The van der Waals surface area contributed by atoms with Gasteiger partial charge < -0.3 is 15.7 Å². The fraction of sp³-hybridized carbons (Fsp3) is 0.455. The summed E-state index contributed by atoms with van der Waals surface area (Å²) < 4.78 is 0. The lowest BCUT2D eigenvalue weighted by molar-refractivity contribution is 0.282. The Morgan fingerprint density at radius 2 is 2.14 bits per heavy atom. The first-order chi connectivity index (χ1) is 6.88. The molecule has 0 aliphatic carbocycles. The van der Waals surface area contributed by atoms with Crippen molar-refractivity contribution in [3.05, 3.63) is 29.8 Å². The van der Waals surface area contributed by atoms with E-state index < -0.39 is 0 Å². The van der Waals surface area contributed by atoms with E-state index in [2.05, 4.69) is 10.6 Å². The minimum atomic E-state index is 0.116. The van der Waals surface area contributed by atoms with Crippen molar-refractivity contribution in [1.29, 1.82) is 0 Å². The number of aliphatic hydroxyl groups is 1. The van der Waals surface area contributed by atoms with Crippen LogP contribution in [0.25, 0.3) is 0 Å². The van der Waals surface area contributed by atoms with E-state index in [1.54, 1.807) is 0 Å². The Morgan fingerprint density at radius 3 is 2.71 bits per heavy atom. The van der Waals surface area contributed by atoms with Crippen LogP contribution in [0.5, 0.6) is 0 Å². The summed E-state index contributed by atoms with van der Waals surface area (Å²) in [4.78, 5) is 0. The van der Waals surface area contributed by atoms with E-state index in [4.69, 9.17) is 5.11 Å². The lowest BCUT2D eigenvalue weighted by Gasteiger charge is -2.12. The summed E-state index contributed by atoms with van der Waals surface area (Å²) in [6.07, 6.45) is 1.18. The van der Waals surface area contributed by atoms with E-state index in [1.165, 1.54) is 6.42 Å². The van der Waals surface area contributed by atoms with Gasteiger partial charge in [-0.2, -0.15) is 0 Å². The molecule has 3 N–H and O–H groups in total. The number of anilines is 1. The largest absolute Gasteiger partial charge is 0.392 e. The molecule has 1 heterocycles. The highest BCUT2D eigenvalue weighted by Gasteiger charge is 2.13. The van der Waals surface area contributed by atoms with Gasteiger partial charge in [0.2, 0.25) is 0 Å². The molecule has 0 amide bonds. The quantitative estimate of drug-likeness (QED) is 0.668. The minimum Gasteiger partial charge on any atom is -0.392 e. The van der Waals surface area contributed by atoms with Gasteiger partial charge in [0.05, 0.1) is 6.61 Å². The third-order valence-corrected chi connectivity index (χ3v) is 2.57. The fourth-order valence-electron chi connectivity index (χ4n) is 1.72. The van der Waals surface area contributed by atoms with Gasteiger partial charge in [-0.15, -0.1) is 0 Å². The standard InChI is InChI=1S/C11H16N2O/c14-8-9-1-3-10(4-2-9)13-11-5-6-12-7-11/h1-4,11-14H,5-8H2. The second kappa shape index (κ2) is 4.44. The Morgan fingerprint density at radius 1 is 1.36 bits per heavy atom. The molecule has 3 heteroatoms. The van der Waals surface area contributed by atoms with Crippen LogP contribution >= 0.6 is 0 Å². The van der Waals surface area contributed by atoms with Crippen molar-refractivity contribution in [2.45, 2.75) is 19.1 Å². The zero-order valence-electron chi connectivity index (χ0n) is 8.16. The highest BCUT2D eigenvalue weighted by molar-refractivity contribution is 5.45. The van der Waals surface area contributed by atoms with Gasteiger partial charge in [0.15, 0.2) is 0 Å². The van der Waals surface area contributed by atoms with Crippen LogP contribution in [0.3, 0.4) is 0 Å². The van der Waals surface area contributed by atoms with Crippen molar-refractivity contribution in [2.75, 3.05) is 18.4 Å².